The molecule has 5 rings (SSSR count). The van der Waals surface area contributed by atoms with Crippen molar-refractivity contribution in [2.24, 2.45) is 0 Å². The third kappa shape index (κ3) is 4.77. The van der Waals surface area contributed by atoms with Crippen molar-refractivity contribution in [2.45, 2.75) is 52.5 Å². The van der Waals surface area contributed by atoms with Crippen molar-refractivity contribution in [3.05, 3.63) is 93.9 Å². The first-order chi connectivity index (χ1) is 18.6. The van der Waals surface area contributed by atoms with Gasteiger partial charge < -0.3 is 9.09 Å². The summed E-state index contributed by atoms with van der Waals surface area (Å²) in [6, 6.07) is 14.2. The Morgan fingerprint density at radius 3 is 2.49 bits per heavy atom. The van der Waals surface area contributed by atoms with Crippen LogP contribution in [0.5, 0.6) is 0 Å². The maximum absolute atomic E-state index is 13.4. The monoisotopic (exact) mass is 540 g/mol. The number of nitrogens with one attached hydrogen (secondary N) is 1. The normalized spacial score (nSPS) is 11.6. The van der Waals surface area contributed by atoms with Gasteiger partial charge in [-0.25, -0.2) is 28.0 Å². The highest BCUT2D eigenvalue weighted by atomic mass is 32.2. The molecule has 0 aliphatic carbocycles. The third-order valence-electron chi connectivity index (χ3n) is 6.79. The number of hydrogen-bond acceptors (Lipinski definition) is 6. The molecule has 3 aromatic heterocycles. The molecule has 0 fully saturated rings. The molecule has 198 valence electrons. The first-order valence-corrected chi connectivity index (χ1v) is 14.0. The molecule has 39 heavy (non-hydrogen) atoms. The van der Waals surface area contributed by atoms with Gasteiger partial charge in [0.2, 0.25) is 5.88 Å². The lowest BCUT2D eigenvalue weighted by atomic mass is 10.0. The van der Waals surface area contributed by atoms with Crippen LogP contribution in [0.25, 0.3) is 27.1 Å². The van der Waals surface area contributed by atoms with E-state index < -0.39 is 10.0 Å². The van der Waals surface area contributed by atoms with E-state index in [0.717, 1.165) is 40.2 Å². The lowest BCUT2D eigenvalue weighted by Gasteiger charge is -2.14. The molecule has 1 N–H and O–H groups in total. The maximum Gasteiger partial charge on any atom is 0.264 e. The van der Waals surface area contributed by atoms with Crippen LogP contribution >= 0.6 is 0 Å². The van der Waals surface area contributed by atoms with Gasteiger partial charge in [-0.2, -0.15) is 0 Å². The number of hydrogen-bond donors (Lipinski definition) is 1. The van der Waals surface area contributed by atoms with E-state index in [4.69, 9.17) is 21.1 Å². The summed E-state index contributed by atoms with van der Waals surface area (Å²) in [5.74, 6) is 0.988. The van der Waals surface area contributed by atoms with Gasteiger partial charge >= 0.3 is 0 Å². The molecule has 9 nitrogen and oxygen atoms in total. The van der Waals surface area contributed by atoms with E-state index in [1.807, 2.05) is 26.0 Å². The Balaban J connectivity index is 1.55. The Morgan fingerprint density at radius 2 is 1.79 bits per heavy atom. The Kier molecular flexibility index (Phi) is 6.70. The van der Waals surface area contributed by atoms with E-state index in [1.165, 1.54) is 6.07 Å². The molecule has 0 spiro atoms. The van der Waals surface area contributed by atoms with Crippen molar-refractivity contribution < 1.29 is 12.9 Å². The van der Waals surface area contributed by atoms with Crippen molar-refractivity contribution in [3.63, 3.8) is 0 Å². The Bertz CT molecular complexity index is 1880. The van der Waals surface area contributed by atoms with Crippen LogP contribution in [0.4, 0.5) is 11.6 Å². The Labute approximate surface area is 227 Å². The lowest BCUT2D eigenvalue weighted by molar-refractivity contribution is 0.430. The summed E-state index contributed by atoms with van der Waals surface area (Å²) in [6.07, 6.45) is 0.741. The number of sulfonamides is 1. The van der Waals surface area contributed by atoms with E-state index in [9.17, 15) is 8.42 Å². The highest BCUT2D eigenvalue weighted by Crippen LogP contribution is 2.37. The minimum atomic E-state index is -4.03. The van der Waals surface area contributed by atoms with Gasteiger partial charge in [-0.15, -0.1) is 0 Å². The average Bonchev–Trinajstić information content (AvgIpc) is 3.42. The lowest BCUT2D eigenvalue weighted by Crippen LogP contribution is -2.14. The summed E-state index contributed by atoms with van der Waals surface area (Å²) < 4.78 is 36.5. The van der Waals surface area contributed by atoms with E-state index in [0.29, 0.717) is 34.6 Å². The fourth-order valence-electron chi connectivity index (χ4n) is 4.67. The number of imidazole rings is 1. The quantitative estimate of drug-likeness (QED) is 0.243. The third-order valence-corrected chi connectivity index (χ3v) is 8.18. The zero-order valence-corrected chi connectivity index (χ0v) is 23.2. The average molecular weight is 541 g/mol. The predicted octanol–water partition coefficient (Wildman–Crippen LogP) is 6.28. The number of nitrogens with zero attached hydrogens (tertiary/aromatic N) is 5. The molecule has 0 aliphatic heterocycles. The summed E-state index contributed by atoms with van der Waals surface area (Å²) in [7, 11) is -4.03. The highest BCUT2D eigenvalue weighted by molar-refractivity contribution is 7.92. The molecule has 2 aromatic carbocycles. The molecular weight excluding hydrogens is 512 g/mol. The zero-order chi connectivity index (χ0) is 27.9. The van der Waals surface area contributed by atoms with Gasteiger partial charge in [0.05, 0.1) is 17.2 Å². The summed E-state index contributed by atoms with van der Waals surface area (Å²) in [5, 5.41) is 3.83. The van der Waals surface area contributed by atoms with Crippen LogP contribution < -0.4 is 4.72 Å². The Morgan fingerprint density at radius 1 is 1.03 bits per heavy atom. The first kappa shape index (κ1) is 26.1. The van der Waals surface area contributed by atoms with Crippen LogP contribution in [0.1, 0.15) is 40.8 Å². The SMILES string of the molecule is [C-]#[N+]c1cc(Cn2c(CC)nc3c(C)cc(C)nc32)ccc1-c1ccccc1S(=O)(=O)Nc1onc(C)c1C. The molecule has 0 radical (unpaired) electrons. The van der Waals surface area contributed by atoms with Gasteiger partial charge in [0, 0.05) is 24.2 Å². The molecule has 0 saturated heterocycles. The second-order valence-corrected chi connectivity index (χ2v) is 11.2. The summed E-state index contributed by atoms with van der Waals surface area (Å²) >= 11 is 0. The van der Waals surface area contributed by atoms with Gasteiger partial charge in [-0.05, 0) is 62.1 Å². The second kappa shape index (κ2) is 10.0. The minimum absolute atomic E-state index is 0.0418. The second-order valence-electron chi connectivity index (χ2n) is 9.51. The Hall–Kier alpha value is -4.49. The standard InChI is InChI=1S/C29H28N6O3S/c1-7-26-32-27-17(2)14-18(3)31-28(27)35(26)16-21-12-13-22(24(15-21)30-6)23-10-8-9-11-25(23)39(36,37)34-29-19(4)20(5)33-38-29/h8-15,34H,7,16H2,1-5H3. The fraction of sp³-hybridized carbons (Fsp3) is 0.241. The number of pyridine rings is 1. The van der Waals surface area contributed by atoms with Crippen LogP contribution in [-0.4, -0.2) is 28.1 Å². The van der Waals surface area contributed by atoms with Crippen LogP contribution in [-0.2, 0) is 23.0 Å². The highest BCUT2D eigenvalue weighted by Gasteiger charge is 2.24. The molecule has 3 heterocycles. The van der Waals surface area contributed by atoms with Gasteiger partial charge in [-0.3, -0.25) is 0 Å². The van der Waals surface area contributed by atoms with Gasteiger partial charge in [0.1, 0.15) is 11.3 Å². The summed E-state index contributed by atoms with van der Waals surface area (Å²) in [6.45, 7) is 17.9. The number of rotatable bonds is 7. The fourth-order valence-corrected chi connectivity index (χ4v) is 5.94. The molecule has 10 heteroatoms. The molecule has 0 saturated carbocycles. The van der Waals surface area contributed by atoms with Crippen molar-refractivity contribution >= 4 is 32.8 Å². The predicted molar refractivity (Wildman–Crippen MR) is 150 cm³/mol. The largest absolute Gasteiger partial charge is 0.337 e. The van der Waals surface area contributed by atoms with Crippen LogP contribution in [0, 0.1) is 34.3 Å². The van der Waals surface area contributed by atoms with Crippen LogP contribution in [0.3, 0.4) is 0 Å². The van der Waals surface area contributed by atoms with Crippen molar-refractivity contribution in [3.8, 4) is 11.1 Å². The van der Waals surface area contributed by atoms with Gasteiger partial charge in [0.15, 0.2) is 11.3 Å². The number of fused-ring (bicyclic) bond motifs is 1. The number of anilines is 1. The van der Waals surface area contributed by atoms with E-state index in [-0.39, 0.29) is 10.8 Å². The van der Waals surface area contributed by atoms with Gasteiger partial charge in [-0.1, -0.05) is 48.5 Å². The molecule has 0 aliphatic rings. The van der Waals surface area contributed by atoms with Gasteiger partial charge in [0.25, 0.3) is 10.0 Å². The molecule has 0 unspecified atom stereocenters. The van der Waals surface area contributed by atoms with E-state index in [2.05, 4.69) is 26.2 Å². The van der Waals surface area contributed by atoms with Crippen molar-refractivity contribution in [1.82, 2.24) is 19.7 Å². The molecule has 5 aromatic rings. The smallest absolute Gasteiger partial charge is 0.264 e. The summed E-state index contributed by atoms with van der Waals surface area (Å²) in [4.78, 5) is 13.4. The minimum Gasteiger partial charge on any atom is -0.337 e. The number of aromatic nitrogens is 4. The number of aryl methyl sites for hydroxylation is 4. The molecular formula is C29H28N6O3S. The van der Waals surface area contributed by atoms with Crippen LogP contribution in [0.15, 0.2) is 57.9 Å². The first-order valence-electron chi connectivity index (χ1n) is 12.5. The molecule has 0 bridgehead atoms. The summed E-state index contributed by atoms with van der Waals surface area (Å²) in [5.41, 5.74) is 7.10. The van der Waals surface area contributed by atoms with Crippen molar-refractivity contribution in [2.75, 3.05) is 4.72 Å². The van der Waals surface area contributed by atoms with Crippen LogP contribution in [0.2, 0.25) is 0 Å². The zero-order valence-electron chi connectivity index (χ0n) is 22.4. The maximum atomic E-state index is 13.4. The van der Waals surface area contributed by atoms with Crippen molar-refractivity contribution in [1.29, 1.82) is 0 Å². The molecule has 0 amide bonds. The topological polar surface area (TPSA) is 107 Å². The van der Waals surface area contributed by atoms with E-state index in [1.54, 1.807) is 44.2 Å². The molecule has 0 atom stereocenters. The number of benzene rings is 2. The van der Waals surface area contributed by atoms with E-state index >= 15 is 0 Å².